The number of carbonyl (C=O) groups is 1. The second-order valence-corrected chi connectivity index (χ2v) is 5.21. The molecule has 4 nitrogen and oxygen atoms in total. The molecule has 0 aliphatic heterocycles. The van der Waals surface area contributed by atoms with E-state index in [0.717, 1.165) is 12.0 Å². The van der Waals surface area contributed by atoms with E-state index in [1.165, 1.54) is 0 Å². The molecule has 20 heavy (non-hydrogen) atoms. The molecule has 0 bridgehead atoms. The monoisotopic (exact) mass is 274 g/mol. The summed E-state index contributed by atoms with van der Waals surface area (Å²) in [5.41, 5.74) is 1.14. The van der Waals surface area contributed by atoms with Crippen molar-refractivity contribution in [2.24, 2.45) is 5.92 Å². The van der Waals surface area contributed by atoms with Crippen LogP contribution in [0.5, 0.6) is 0 Å². The molecule has 108 valence electrons. The van der Waals surface area contributed by atoms with Gasteiger partial charge in [0.25, 0.3) is 5.91 Å². The summed E-state index contributed by atoms with van der Waals surface area (Å²) >= 11 is 0. The van der Waals surface area contributed by atoms with Crippen LogP contribution >= 0.6 is 0 Å². The van der Waals surface area contributed by atoms with Crippen LogP contribution in [-0.4, -0.2) is 28.6 Å². The van der Waals surface area contributed by atoms with Gasteiger partial charge in [0.1, 0.15) is 5.69 Å². The van der Waals surface area contributed by atoms with E-state index in [2.05, 4.69) is 36.0 Å². The summed E-state index contributed by atoms with van der Waals surface area (Å²) in [6, 6.07) is 3.56. The maximum Gasteiger partial charge on any atom is 0.270 e. The minimum Gasteiger partial charge on any atom is -0.395 e. The zero-order chi connectivity index (χ0) is 15.0. The molecule has 1 amide bonds. The molecule has 0 radical (unpaired) electrons. The van der Waals surface area contributed by atoms with E-state index in [0.29, 0.717) is 18.0 Å². The van der Waals surface area contributed by atoms with Crippen molar-refractivity contribution in [3.05, 3.63) is 29.6 Å². The molecule has 0 fully saturated rings. The first kappa shape index (κ1) is 16.2. The lowest BCUT2D eigenvalue weighted by Crippen LogP contribution is -2.33. The van der Waals surface area contributed by atoms with Gasteiger partial charge >= 0.3 is 0 Å². The van der Waals surface area contributed by atoms with E-state index < -0.39 is 0 Å². The number of rotatable bonds is 5. The Balaban J connectivity index is 2.60. The van der Waals surface area contributed by atoms with Crippen molar-refractivity contribution in [2.45, 2.75) is 39.7 Å². The lowest BCUT2D eigenvalue weighted by atomic mass is 10.1. The van der Waals surface area contributed by atoms with Crippen LogP contribution in [0.1, 0.15) is 49.7 Å². The highest BCUT2D eigenvalue weighted by Gasteiger charge is 2.11. The van der Waals surface area contributed by atoms with Gasteiger partial charge in [0, 0.05) is 24.2 Å². The van der Waals surface area contributed by atoms with Gasteiger partial charge < -0.3 is 10.4 Å². The SMILES string of the molecule is CC(C)CC(C)NC(=O)c1ccc(C#CCCO)cn1. The largest absolute Gasteiger partial charge is 0.395 e. The first-order valence-corrected chi connectivity index (χ1v) is 6.89. The summed E-state index contributed by atoms with van der Waals surface area (Å²) in [5, 5.41) is 11.6. The number of nitrogens with one attached hydrogen (secondary N) is 1. The van der Waals surface area contributed by atoms with Gasteiger partial charge in [0.2, 0.25) is 0 Å². The molecule has 0 aliphatic rings. The number of hydrogen-bond acceptors (Lipinski definition) is 3. The Bertz CT molecular complexity index is 483. The minimum atomic E-state index is -0.159. The van der Waals surface area contributed by atoms with E-state index in [4.69, 9.17) is 5.11 Å². The number of hydrogen-bond donors (Lipinski definition) is 2. The molecule has 1 atom stereocenters. The molecule has 4 heteroatoms. The number of nitrogens with zero attached hydrogens (tertiary/aromatic N) is 1. The van der Waals surface area contributed by atoms with Crippen molar-refractivity contribution in [2.75, 3.05) is 6.61 Å². The van der Waals surface area contributed by atoms with Crippen molar-refractivity contribution < 1.29 is 9.90 Å². The molecule has 0 saturated carbocycles. The van der Waals surface area contributed by atoms with Crippen LogP contribution in [0.3, 0.4) is 0 Å². The summed E-state index contributed by atoms with van der Waals surface area (Å²) in [5.74, 6) is 6.07. The highest BCUT2D eigenvalue weighted by Crippen LogP contribution is 2.05. The first-order valence-electron chi connectivity index (χ1n) is 6.89. The molecule has 1 unspecified atom stereocenters. The van der Waals surface area contributed by atoms with E-state index >= 15 is 0 Å². The molecule has 1 aromatic rings. The third-order valence-electron chi connectivity index (χ3n) is 2.67. The second kappa shape index (κ2) is 8.34. The molecule has 1 rings (SSSR count). The zero-order valence-electron chi connectivity index (χ0n) is 12.3. The molecular weight excluding hydrogens is 252 g/mol. The van der Waals surface area contributed by atoms with Gasteiger partial charge in [-0.15, -0.1) is 0 Å². The smallest absolute Gasteiger partial charge is 0.270 e. The van der Waals surface area contributed by atoms with Crippen molar-refractivity contribution in [3.63, 3.8) is 0 Å². The normalized spacial score (nSPS) is 11.7. The lowest BCUT2D eigenvalue weighted by Gasteiger charge is -2.15. The highest BCUT2D eigenvalue weighted by molar-refractivity contribution is 5.92. The van der Waals surface area contributed by atoms with Gasteiger partial charge in [-0.3, -0.25) is 4.79 Å². The number of aromatic nitrogens is 1. The molecule has 0 spiro atoms. The first-order chi connectivity index (χ1) is 9.52. The number of aliphatic hydroxyl groups is 1. The molecule has 0 aromatic carbocycles. The Labute approximate surface area is 120 Å². The van der Waals surface area contributed by atoms with Crippen LogP contribution in [0.25, 0.3) is 0 Å². The average Bonchev–Trinajstić information content (AvgIpc) is 2.38. The summed E-state index contributed by atoms with van der Waals surface area (Å²) in [7, 11) is 0. The van der Waals surface area contributed by atoms with Gasteiger partial charge in [-0.2, -0.15) is 0 Å². The summed E-state index contributed by atoms with van der Waals surface area (Å²) in [4.78, 5) is 16.1. The van der Waals surface area contributed by atoms with Crippen molar-refractivity contribution in [1.82, 2.24) is 10.3 Å². The van der Waals surface area contributed by atoms with E-state index in [9.17, 15) is 4.79 Å². The van der Waals surface area contributed by atoms with Crippen LogP contribution in [0.15, 0.2) is 18.3 Å². The Morgan fingerprint density at radius 2 is 2.15 bits per heavy atom. The summed E-state index contributed by atoms with van der Waals surface area (Å²) in [6.07, 6.45) is 2.96. The lowest BCUT2D eigenvalue weighted by molar-refractivity contribution is 0.0931. The van der Waals surface area contributed by atoms with Crippen molar-refractivity contribution in [3.8, 4) is 11.8 Å². The Morgan fingerprint density at radius 3 is 2.70 bits per heavy atom. The predicted octanol–water partition coefficient (Wildman–Crippen LogP) is 1.98. The number of aliphatic hydroxyl groups excluding tert-OH is 1. The fourth-order valence-corrected chi connectivity index (χ4v) is 1.89. The average molecular weight is 274 g/mol. The standard InChI is InChI=1S/C16H22N2O2/c1-12(2)10-13(3)18-16(20)15-8-7-14(11-17-15)6-4-5-9-19/h7-8,11-13,19H,5,9-10H2,1-3H3,(H,18,20). The van der Waals surface area contributed by atoms with E-state index in [-0.39, 0.29) is 18.6 Å². The molecular formula is C16H22N2O2. The third kappa shape index (κ3) is 5.85. The zero-order valence-corrected chi connectivity index (χ0v) is 12.3. The van der Waals surface area contributed by atoms with Gasteiger partial charge in [0.15, 0.2) is 0 Å². The number of pyridine rings is 1. The fraction of sp³-hybridized carbons (Fsp3) is 0.500. The van der Waals surface area contributed by atoms with Gasteiger partial charge in [0.05, 0.1) is 6.61 Å². The quantitative estimate of drug-likeness (QED) is 0.807. The van der Waals surface area contributed by atoms with Crippen molar-refractivity contribution >= 4 is 5.91 Å². The van der Waals surface area contributed by atoms with E-state index in [1.807, 2.05) is 6.92 Å². The van der Waals surface area contributed by atoms with Crippen molar-refractivity contribution in [1.29, 1.82) is 0 Å². The van der Waals surface area contributed by atoms with Gasteiger partial charge in [-0.05, 0) is 31.4 Å². The van der Waals surface area contributed by atoms with E-state index in [1.54, 1.807) is 18.3 Å². The molecule has 1 aromatic heterocycles. The van der Waals surface area contributed by atoms with Gasteiger partial charge in [-0.1, -0.05) is 25.7 Å². The fourth-order valence-electron chi connectivity index (χ4n) is 1.89. The molecule has 1 heterocycles. The number of amides is 1. The third-order valence-corrected chi connectivity index (χ3v) is 2.67. The van der Waals surface area contributed by atoms with Crippen LogP contribution < -0.4 is 5.32 Å². The summed E-state index contributed by atoms with van der Waals surface area (Å²) < 4.78 is 0. The van der Waals surface area contributed by atoms with Gasteiger partial charge in [-0.25, -0.2) is 4.98 Å². The highest BCUT2D eigenvalue weighted by atomic mass is 16.2. The summed E-state index contributed by atoms with van der Waals surface area (Å²) in [6.45, 7) is 6.29. The predicted molar refractivity (Wildman–Crippen MR) is 79.2 cm³/mol. The maximum absolute atomic E-state index is 12.0. The Hall–Kier alpha value is -1.86. The minimum absolute atomic E-state index is 0.0503. The molecule has 0 aliphatic carbocycles. The second-order valence-electron chi connectivity index (χ2n) is 5.21. The van der Waals surface area contributed by atoms with Crippen LogP contribution in [0.4, 0.5) is 0 Å². The number of carbonyl (C=O) groups excluding carboxylic acids is 1. The molecule has 2 N–H and O–H groups in total. The van der Waals surface area contributed by atoms with Crippen LogP contribution in [0, 0.1) is 17.8 Å². The van der Waals surface area contributed by atoms with Crippen LogP contribution in [0.2, 0.25) is 0 Å². The Morgan fingerprint density at radius 1 is 1.40 bits per heavy atom. The Kier molecular flexibility index (Phi) is 6.75. The molecule has 0 saturated heterocycles. The van der Waals surface area contributed by atoms with Crippen LogP contribution in [-0.2, 0) is 0 Å². The maximum atomic E-state index is 12.0. The topological polar surface area (TPSA) is 62.2 Å².